The Morgan fingerprint density at radius 2 is 2.19 bits per heavy atom. The minimum atomic E-state index is -4.49. The van der Waals surface area contributed by atoms with Gasteiger partial charge in [-0.3, -0.25) is 10.4 Å². The lowest BCUT2D eigenvalue weighted by Crippen LogP contribution is -2.48. The van der Waals surface area contributed by atoms with Crippen LogP contribution in [0.2, 0.25) is 0 Å². The van der Waals surface area contributed by atoms with Gasteiger partial charge in [0.05, 0.1) is 0 Å². The number of halogens is 4. The van der Waals surface area contributed by atoms with E-state index < -0.39 is 12.3 Å². The zero-order valence-electron chi connectivity index (χ0n) is 11.2. The van der Waals surface area contributed by atoms with Gasteiger partial charge in [0.2, 0.25) is 6.17 Å². The molecule has 1 aromatic rings. The minimum Gasteiger partial charge on any atom is -0.364 e. The van der Waals surface area contributed by atoms with Crippen LogP contribution in [0.1, 0.15) is 19.0 Å². The standard InChI is InChI=1S/C12H14BrF3N4O/c1-2-5-21-7-20-11(12(14,15)16)18-10(19-20)9-4-3-8(13)6-17-9/h3-4,6,11H,2,5,7H2,1H3,(H,18,19). The summed E-state index contributed by atoms with van der Waals surface area (Å²) in [5, 5.41) is 0.911. The number of aliphatic imine (C=N–C) groups is 1. The molecule has 0 bridgehead atoms. The molecule has 116 valence electrons. The van der Waals surface area contributed by atoms with Gasteiger partial charge >= 0.3 is 6.18 Å². The van der Waals surface area contributed by atoms with E-state index in [1.165, 1.54) is 6.20 Å². The summed E-state index contributed by atoms with van der Waals surface area (Å²) in [6.07, 6.45) is -4.24. The highest BCUT2D eigenvalue weighted by Gasteiger charge is 2.47. The molecule has 0 aromatic carbocycles. The molecule has 0 aliphatic carbocycles. The Labute approximate surface area is 128 Å². The van der Waals surface area contributed by atoms with E-state index >= 15 is 0 Å². The lowest BCUT2D eigenvalue weighted by atomic mass is 10.3. The van der Waals surface area contributed by atoms with Crippen LogP contribution in [-0.2, 0) is 4.74 Å². The first-order valence-electron chi connectivity index (χ1n) is 6.29. The number of pyridine rings is 1. The van der Waals surface area contributed by atoms with Gasteiger partial charge in [-0.25, -0.2) is 4.99 Å². The summed E-state index contributed by atoms with van der Waals surface area (Å²) in [6, 6.07) is 3.27. The van der Waals surface area contributed by atoms with E-state index in [-0.39, 0.29) is 12.6 Å². The van der Waals surface area contributed by atoms with Gasteiger partial charge in [-0.2, -0.15) is 18.2 Å². The zero-order valence-corrected chi connectivity index (χ0v) is 12.8. The molecule has 1 unspecified atom stereocenters. The van der Waals surface area contributed by atoms with Crippen molar-refractivity contribution in [2.45, 2.75) is 25.7 Å². The number of hydrazine groups is 1. The van der Waals surface area contributed by atoms with Gasteiger partial charge in [-0.1, -0.05) is 6.92 Å². The number of nitrogens with zero attached hydrogens (tertiary/aromatic N) is 3. The van der Waals surface area contributed by atoms with Crippen molar-refractivity contribution in [3.63, 3.8) is 0 Å². The lowest BCUT2D eigenvalue weighted by molar-refractivity contribution is -0.194. The first kappa shape index (κ1) is 16.2. The lowest BCUT2D eigenvalue weighted by Gasteiger charge is -2.24. The van der Waals surface area contributed by atoms with Gasteiger partial charge in [-0.15, -0.1) is 0 Å². The van der Waals surface area contributed by atoms with E-state index in [0.29, 0.717) is 12.3 Å². The maximum absolute atomic E-state index is 13.0. The highest BCUT2D eigenvalue weighted by molar-refractivity contribution is 9.10. The molecular weight excluding hydrogens is 353 g/mol. The summed E-state index contributed by atoms with van der Waals surface area (Å²) in [7, 11) is 0. The molecule has 0 saturated carbocycles. The number of hydrogen-bond acceptors (Lipinski definition) is 5. The molecule has 0 saturated heterocycles. The Balaban J connectivity index is 2.15. The number of ether oxygens (including phenoxy) is 1. The minimum absolute atomic E-state index is 0.0740. The first-order chi connectivity index (χ1) is 9.91. The molecule has 1 atom stereocenters. The molecule has 21 heavy (non-hydrogen) atoms. The molecule has 1 aliphatic heterocycles. The van der Waals surface area contributed by atoms with Gasteiger partial charge in [-0.05, 0) is 34.5 Å². The Kier molecular flexibility index (Phi) is 5.17. The topological polar surface area (TPSA) is 49.8 Å². The van der Waals surface area contributed by atoms with Crippen LogP contribution in [0.3, 0.4) is 0 Å². The van der Waals surface area contributed by atoms with Crippen LogP contribution < -0.4 is 5.43 Å². The molecule has 0 radical (unpaired) electrons. The molecule has 2 heterocycles. The SMILES string of the molecule is CCCOCN1NC(c2ccc(Br)cn2)=NC1C(F)(F)F. The summed E-state index contributed by atoms with van der Waals surface area (Å²) in [6.45, 7) is 2.06. The predicted molar refractivity (Wildman–Crippen MR) is 74.4 cm³/mol. The Hall–Kier alpha value is -1.19. The number of nitrogens with one attached hydrogen (secondary N) is 1. The molecule has 0 fully saturated rings. The quantitative estimate of drug-likeness (QED) is 0.814. The fourth-order valence-electron chi connectivity index (χ4n) is 1.72. The van der Waals surface area contributed by atoms with Crippen molar-refractivity contribution in [1.29, 1.82) is 0 Å². The fraction of sp³-hybridized carbons (Fsp3) is 0.500. The van der Waals surface area contributed by atoms with Crippen LogP contribution in [0.25, 0.3) is 0 Å². The average molecular weight is 367 g/mol. The highest BCUT2D eigenvalue weighted by Crippen LogP contribution is 2.28. The first-order valence-corrected chi connectivity index (χ1v) is 7.08. The van der Waals surface area contributed by atoms with Crippen molar-refractivity contribution < 1.29 is 17.9 Å². The van der Waals surface area contributed by atoms with Gasteiger partial charge < -0.3 is 4.74 Å². The van der Waals surface area contributed by atoms with Gasteiger partial charge in [0.1, 0.15) is 12.4 Å². The van der Waals surface area contributed by atoms with Gasteiger partial charge in [0, 0.05) is 17.3 Å². The Morgan fingerprint density at radius 1 is 1.43 bits per heavy atom. The van der Waals surface area contributed by atoms with Crippen LogP contribution in [0.4, 0.5) is 13.2 Å². The second-order valence-electron chi connectivity index (χ2n) is 4.37. The summed E-state index contributed by atoms with van der Waals surface area (Å²) in [5.74, 6) is 0.0740. The molecule has 1 aliphatic rings. The molecule has 1 aromatic heterocycles. The molecule has 1 N–H and O–H groups in total. The van der Waals surface area contributed by atoms with Crippen molar-refractivity contribution in [3.8, 4) is 0 Å². The molecule has 2 rings (SSSR count). The van der Waals surface area contributed by atoms with E-state index in [0.717, 1.165) is 15.9 Å². The monoisotopic (exact) mass is 366 g/mol. The molecule has 0 spiro atoms. The second kappa shape index (κ2) is 6.71. The molecule has 9 heteroatoms. The van der Waals surface area contributed by atoms with Crippen LogP contribution in [0.15, 0.2) is 27.8 Å². The van der Waals surface area contributed by atoms with Crippen molar-refractivity contribution in [1.82, 2.24) is 15.4 Å². The van der Waals surface area contributed by atoms with Crippen molar-refractivity contribution >= 4 is 21.8 Å². The molecule has 5 nitrogen and oxygen atoms in total. The summed E-state index contributed by atoms with van der Waals surface area (Å²) >= 11 is 3.22. The van der Waals surface area contributed by atoms with Crippen LogP contribution in [0, 0.1) is 0 Å². The van der Waals surface area contributed by atoms with E-state index in [4.69, 9.17) is 4.74 Å². The Morgan fingerprint density at radius 3 is 2.76 bits per heavy atom. The fourth-order valence-corrected chi connectivity index (χ4v) is 1.95. The predicted octanol–water partition coefficient (Wildman–Crippen LogP) is 2.68. The van der Waals surface area contributed by atoms with Gasteiger partial charge in [0.15, 0.2) is 5.84 Å². The second-order valence-corrected chi connectivity index (χ2v) is 5.29. The summed E-state index contributed by atoms with van der Waals surface area (Å²) in [4.78, 5) is 7.70. The van der Waals surface area contributed by atoms with Crippen molar-refractivity contribution in [3.05, 3.63) is 28.5 Å². The number of aromatic nitrogens is 1. The van der Waals surface area contributed by atoms with E-state index in [2.05, 4.69) is 31.3 Å². The largest absolute Gasteiger partial charge is 0.426 e. The van der Waals surface area contributed by atoms with E-state index in [1.54, 1.807) is 12.1 Å². The zero-order chi connectivity index (χ0) is 15.5. The van der Waals surface area contributed by atoms with Gasteiger partial charge in [0.25, 0.3) is 0 Å². The third-order valence-corrected chi connectivity index (χ3v) is 3.11. The van der Waals surface area contributed by atoms with E-state index in [1.807, 2.05) is 6.92 Å². The van der Waals surface area contributed by atoms with Crippen LogP contribution in [0.5, 0.6) is 0 Å². The van der Waals surface area contributed by atoms with Crippen LogP contribution >= 0.6 is 15.9 Å². The maximum atomic E-state index is 13.0. The number of alkyl halides is 3. The van der Waals surface area contributed by atoms with Crippen LogP contribution in [-0.4, -0.2) is 41.5 Å². The third-order valence-electron chi connectivity index (χ3n) is 2.64. The highest BCUT2D eigenvalue weighted by atomic mass is 79.9. The normalized spacial score (nSPS) is 19.5. The third kappa shape index (κ3) is 4.14. The Bertz CT molecular complexity index is 506. The number of amidine groups is 1. The van der Waals surface area contributed by atoms with E-state index in [9.17, 15) is 13.2 Å². The average Bonchev–Trinajstić information content (AvgIpc) is 2.84. The molecular formula is C12H14BrF3N4O. The van der Waals surface area contributed by atoms with Crippen molar-refractivity contribution in [2.75, 3.05) is 13.3 Å². The smallest absolute Gasteiger partial charge is 0.364 e. The molecule has 0 amide bonds. The summed E-state index contributed by atoms with van der Waals surface area (Å²) in [5.41, 5.74) is 2.94. The van der Waals surface area contributed by atoms with Crippen molar-refractivity contribution in [2.24, 2.45) is 4.99 Å². The summed E-state index contributed by atoms with van der Waals surface area (Å²) < 4.78 is 44.9. The maximum Gasteiger partial charge on any atom is 0.426 e. The number of rotatable bonds is 5. The number of hydrogen-bond donors (Lipinski definition) is 1.